The van der Waals surface area contributed by atoms with Crippen molar-refractivity contribution in [1.29, 1.82) is 0 Å². The van der Waals surface area contributed by atoms with Gasteiger partial charge in [0.05, 0.1) is 19.6 Å². The molecule has 1 N–H and O–H groups in total. The second-order valence-corrected chi connectivity index (χ2v) is 9.18. The minimum absolute atomic E-state index is 0.0160. The first-order valence-electron chi connectivity index (χ1n) is 10.7. The smallest absolute Gasteiger partial charge is 0.242 e. The molecule has 7 heteroatoms. The van der Waals surface area contributed by atoms with E-state index in [4.69, 9.17) is 0 Å². The van der Waals surface area contributed by atoms with Crippen molar-refractivity contribution in [3.63, 3.8) is 0 Å². The van der Waals surface area contributed by atoms with Crippen LogP contribution in [0.4, 0.5) is 5.69 Å². The summed E-state index contributed by atoms with van der Waals surface area (Å²) in [6, 6.07) is 7.80. The van der Waals surface area contributed by atoms with Gasteiger partial charge in [0.1, 0.15) is 0 Å². The normalized spacial score (nSPS) is 14.2. The highest BCUT2D eigenvalue weighted by atomic mass is 16.2. The fourth-order valence-corrected chi connectivity index (χ4v) is 3.45. The minimum Gasteiger partial charge on any atom is -0.353 e. The van der Waals surface area contributed by atoms with E-state index in [9.17, 15) is 14.4 Å². The maximum atomic E-state index is 12.8. The van der Waals surface area contributed by atoms with Crippen LogP contribution in [0.2, 0.25) is 0 Å². The van der Waals surface area contributed by atoms with Gasteiger partial charge in [-0.25, -0.2) is 0 Å². The van der Waals surface area contributed by atoms with Gasteiger partial charge in [0, 0.05) is 31.4 Å². The SMILES string of the molecule is Cc1ccc(N(CC(=O)N(C)CC(=O)NC(C)(C)C)CC(=O)N2CCCCC2)cc1. The molecule has 1 aliphatic heterocycles. The van der Waals surface area contributed by atoms with Crippen molar-refractivity contribution in [2.75, 3.05) is 44.7 Å². The summed E-state index contributed by atoms with van der Waals surface area (Å²) < 4.78 is 0. The first-order valence-corrected chi connectivity index (χ1v) is 10.7. The maximum Gasteiger partial charge on any atom is 0.242 e. The summed E-state index contributed by atoms with van der Waals surface area (Å²) in [5, 5.41) is 2.86. The van der Waals surface area contributed by atoms with Crippen molar-refractivity contribution in [3.8, 4) is 0 Å². The molecule has 0 atom stereocenters. The van der Waals surface area contributed by atoms with E-state index in [1.54, 1.807) is 11.9 Å². The van der Waals surface area contributed by atoms with Crippen LogP contribution in [0.5, 0.6) is 0 Å². The van der Waals surface area contributed by atoms with E-state index in [1.807, 2.05) is 56.9 Å². The Kier molecular flexibility index (Phi) is 8.26. The summed E-state index contributed by atoms with van der Waals surface area (Å²) in [5.74, 6) is -0.369. The molecule has 0 unspecified atom stereocenters. The Balaban J connectivity index is 2.06. The molecule has 1 aliphatic rings. The Morgan fingerprint density at radius 3 is 2.13 bits per heavy atom. The van der Waals surface area contributed by atoms with Crippen molar-refractivity contribution in [3.05, 3.63) is 29.8 Å². The summed E-state index contributed by atoms with van der Waals surface area (Å²) >= 11 is 0. The fourth-order valence-electron chi connectivity index (χ4n) is 3.45. The van der Waals surface area contributed by atoms with E-state index < -0.39 is 0 Å². The highest BCUT2D eigenvalue weighted by Gasteiger charge is 2.23. The Bertz CT molecular complexity index is 734. The van der Waals surface area contributed by atoms with Gasteiger partial charge in [-0.15, -0.1) is 0 Å². The molecule has 7 nitrogen and oxygen atoms in total. The Hall–Kier alpha value is -2.57. The molecular formula is C23H36N4O3. The lowest BCUT2D eigenvalue weighted by Gasteiger charge is -2.31. The summed E-state index contributed by atoms with van der Waals surface area (Å²) in [6.45, 7) is 9.44. The van der Waals surface area contributed by atoms with Gasteiger partial charge in [0.25, 0.3) is 0 Å². The molecule has 1 heterocycles. The predicted octanol–water partition coefficient (Wildman–Crippen LogP) is 2.19. The predicted molar refractivity (Wildman–Crippen MR) is 119 cm³/mol. The van der Waals surface area contributed by atoms with Crippen LogP contribution in [0, 0.1) is 6.92 Å². The van der Waals surface area contributed by atoms with Crippen LogP contribution in [0.15, 0.2) is 24.3 Å². The van der Waals surface area contributed by atoms with Gasteiger partial charge in [0.15, 0.2) is 0 Å². The molecule has 30 heavy (non-hydrogen) atoms. The van der Waals surface area contributed by atoms with E-state index >= 15 is 0 Å². The average molecular weight is 417 g/mol. The van der Waals surface area contributed by atoms with Gasteiger partial charge in [0.2, 0.25) is 17.7 Å². The Labute approximate surface area is 180 Å². The van der Waals surface area contributed by atoms with Gasteiger partial charge in [-0.3, -0.25) is 14.4 Å². The number of nitrogens with one attached hydrogen (secondary N) is 1. The number of carbonyl (C=O) groups excluding carboxylic acids is 3. The summed E-state index contributed by atoms with van der Waals surface area (Å²) in [7, 11) is 1.62. The molecule has 0 bridgehead atoms. The standard InChI is InChI=1S/C23H36N4O3/c1-18-9-11-19(12-10-18)27(17-22(30)26-13-7-6-8-14-26)16-21(29)25(5)15-20(28)24-23(2,3)4/h9-12H,6-8,13-17H2,1-5H3,(H,24,28). The number of piperidine rings is 1. The van der Waals surface area contributed by atoms with E-state index in [0.717, 1.165) is 43.6 Å². The number of amides is 3. The summed E-state index contributed by atoms with van der Waals surface area (Å²) in [6.07, 6.45) is 3.22. The monoisotopic (exact) mass is 416 g/mol. The lowest BCUT2D eigenvalue weighted by atomic mass is 10.1. The van der Waals surface area contributed by atoms with Gasteiger partial charge >= 0.3 is 0 Å². The third kappa shape index (κ3) is 7.69. The molecule has 0 saturated carbocycles. The minimum atomic E-state index is -0.351. The maximum absolute atomic E-state index is 12.8. The van der Waals surface area contributed by atoms with Crippen LogP contribution in [0.1, 0.15) is 45.6 Å². The van der Waals surface area contributed by atoms with Gasteiger partial charge in [-0.05, 0) is 59.1 Å². The second-order valence-electron chi connectivity index (χ2n) is 9.18. The highest BCUT2D eigenvalue weighted by Crippen LogP contribution is 2.17. The van der Waals surface area contributed by atoms with Crippen molar-refractivity contribution in [1.82, 2.24) is 15.1 Å². The lowest BCUT2D eigenvalue weighted by molar-refractivity contribution is -0.134. The molecule has 3 amide bonds. The number of benzene rings is 1. The summed E-state index contributed by atoms with van der Waals surface area (Å²) in [4.78, 5) is 42.9. The van der Waals surface area contributed by atoms with E-state index in [1.165, 1.54) is 4.90 Å². The molecule has 1 saturated heterocycles. The van der Waals surface area contributed by atoms with Crippen molar-refractivity contribution >= 4 is 23.4 Å². The molecule has 166 valence electrons. The van der Waals surface area contributed by atoms with Crippen LogP contribution < -0.4 is 10.2 Å². The number of hydrogen-bond donors (Lipinski definition) is 1. The topological polar surface area (TPSA) is 73.0 Å². The number of anilines is 1. The van der Waals surface area contributed by atoms with Crippen LogP contribution in [0.3, 0.4) is 0 Å². The number of likely N-dealkylation sites (tertiary alicyclic amines) is 1. The van der Waals surface area contributed by atoms with E-state index in [-0.39, 0.29) is 42.9 Å². The lowest BCUT2D eigenvalue weighted by Crippen LogP contribution is -2.49. The van der Waals surface area contributed by atoms with E-state index in [0.29, 0.717) is 0 Å². The molecule has 1 aromatic carbocycles. The molecule has 0 aromatic heterocycles. The number of nitrogens with zero attached hydrogens (tertiary/aromatic N) is 3. The van der Waals surface area contributed by atoms with Crippen LogP contribution in [0.25, 0.3) is 0 Å². The van der Waals surface area contributed by atoms with Crippen molar-refractivity contribution in [2.45, 2.75) is 52.5 Å². The van der Waals surface area contributed by atoms with Gasteiger partial charge in [-0.2, -0.15) is 0 Å². The van der Waals surface area contributed by atoms with Crippen LogP contribution in [-0.2, 0) is 14.4 Å². The molecular weight excluding hydrogens is 380 g/mol. The average Bonchev–Trinajstić information content (AvgIpc) is 2.67. The van der Waals surface area contributed by atoms with Crippen LogP contribution >= 0.6 is 0 Å². The van der Waals surface area contributed by atoms with Crippen molar-refractivity contribution in [2.24, 2.45) is 0 Å². The molecule has 1 aromatic rings. The molecule has 2 rings (SSSR count). The molecule has 0 aliphatic carbocycles. The summed E-state index contributed by atoms with van der Waals surface area (Å²) in [5.41, 5.74) is 1.59. The number of rotatable bonds is 7. The first kappa shape index (κ1) is 23.7. The highest BCUT2D eigenvalue weighted by molar-refractivity contribution is 5.89. The van der Waals surface area contributed by atoms with E-state index in [2.05, 4.69) is 5.32 Å². The van der Waals surface area contributed by atoms with Crippen molar-refractivity contribution < 1.29 is 14.4 Å². The molecule has 0 spiro atoms. The first-order chi connectivity index (χ1) is 14.0. The molecule has 0 radical (unpaired) electrons. The second kappa shape index (κ2) is 10.5. The number of hydrogen-bond acceptors (Lipinski definition) is 4. The van der Waals surface area contributed by atoms with Gasteiger partial charge < -0.3 is 20.0 Å². The zero-order chi connectivity index (χ0) is 22.3. The largest absolute Gasteiger partial charge is 0.353 e. The number of aryl methyl sites for hydroxylation is 1. The quantitative estimate of drug-likeness (QED) is 0.740. The third-order valence-electron chi connectivity index (χ3n) is 5.08. The fraction of sp³-hybridized carbons (Fsp3) is 0.609. The Morgan fingerprint density at radius 2 is 1.57 bits per heavy atom. The van der Waals surface area contributed by atoms with Crippen LogP contribution in [-0.4, -0.2) is 72.8 Å². The number of carbonyl (C=O) groups is 3. The molecule has 1 fully saturated rings. The zero-order valence-electron chi connectivity index (χ0n) is 19.0. The number of likely N-dealkylation sites (N-methyl/N-ethyl adjacent to an activating group) is 1. The zero-order valence-corrected chi connectivity index (χ0v) is 19.0. The van der Waals surface area contributed by atoms with Gasteiger partial charge in [-0.1, -0.05) is 17.7 Å². The third-order valence-corrected chi connectivity index (χ3v) is 5.08. The Morgan fingerprint density at radius 1 is 0.967 bits per heavy atom.